The van der Waals surface area contributed by atoms with Crippen LogP contribution in [0.3, 0.4) is 0 Å². The molecule has 1 heterocycles. The number of H-pyrrole nitrogens is 1. The monoisotopic (exact) mass is 220 g/mol. The third-order valence-corrected chi connectivity index (χ3v) is 3.19. The maximum atomic E-state index is 4.20. The zero-order chi connectivity index (χ0) is 12.0. The molecule has 0 fully saturated rings. The summed E-state index contributed by atoms with van der Waals surface area (Å²) < 4.78 is 0. The lowest BCUT2D eigenvalue weighted by atomic mass is 9.83. The molecule has 0 spiro atoms. The summed E-state index contributed by atoms with van der Waals surface area (Å²) in [6, 6.07) is 2.10. The van der Waals surface area contributed by atoms with Crippen LogP contribution in [0.25, 0.3) is 6.08 Å². The minimum Gasteiger partial charge on any atom is -0.281 e. The van der Waals surface area contributed by atoms with Crippen molar-refractivity contribution in [3.8, 4) is 0 Å². The molecule has 1 rings (SSSR count). The van der Waals surface area contributed by atoms with Crippen LogP contribution in [-0.2, 0) is 5.41 Å². The van der Waals surface area contributed by atoms with Gasteiger partial charge in [-0.3, -0.25) is 5.10 Å². The summed E-state index contributed by atoms with van der Waals surface area (Å²) in [7, 11) is 0. The van der Waals surface area contributed by atoms with Crippen molar-refractivity contribution in [3.63, 3.8) is 0 Å². The number of nitrogens with zero attached hydrogens (tertiary/aromatic N) is 1. The van der Waals surface area contributed by atoms with Crippen LogP contribution in [0.5, 0.6) is 0 Å². The lowest BCUT2D eigenvalue weighted by Gasteiger charge is -2.22. The topological polar surface area (TPSA) is 28.7 Å². The molecule has 90 valence electrons. The molecule has 0 unspecified atom stereocenters. The van der Waals surface area contributed by atoms with Gasteiger partial charge < -0.3 is 0 Å². The quantitative estimate of drug-likeness (QED) is 0.682. The van der Waals surface area contributed by atoms with Gasteiger partial charge >= 0.3 is 0 Å². The van der Waals surface area contributed by atoms with Crippen LogP contribution in [-0.4, -0.2) is 10.2 Å². The molecule has 2 nitrogen and oxygen atoms in total. The summed E-state index contributed by atoms with van der Waals surface area (Å²) in [6.45, 7) is 10.5. The van der Waals surface area contributed by atoms with Crippen LogP contribution in [0.1, 0.15) is 64.3 Å². The molecular weight excluding hydrogens is 196 g/mol. The number of aromatic amines is 1. The second kappa shape index (κ2) is 5.88. The normalized spacial score (nSPS) is 11.7. The second-order valence-electron chi connectivity index (χ2n) is 5.11. The Kier molecular flexibility index (Phi) is 4.78. The summed E-state index contributed by atoms with van der Waals surface area (Å²) >= 11 is 0. The van der Waals surface area contributed by atoms with E-state index < -0.39 is 0 Å². The molecule has 1 aromatic heterocycles. The first kappa shape index (κ1) is 13.0. The van der Waals surface area contributed by atoms with Gasteiger partial charge in [-0.25, -0.2) is 0 Å². The number of hydrogen-bond donors (Lipinski definition) is 1. The van der Waals surface area contributed by atoms with Crippen LogP contribution in [0, 0.1) is 0 Å². The molecule has 0 atom stereocenters. The molecule has 0 bridgehead atoms. The van der Waals surface area contributed by atoms with Crippen LogP contribution >= 0.6 is 0 Å². The summed E-state index contributed by atoms with van der Waals surface area (Å²) in [5, 5.41) is 7.32. The highest BCUT2D eigenvalue weighted by Gasteiger charge is 2.22. The molecular formula is C14H24N2. The van der Waals surface area contributed by atoms with Crippen molar-refractivity contribution in [2.45, 2.75) is 58.3 Å². The van der Waals surface area contributed by atoms with E-state index in [0.29, 0.717) is 0 Å². The Morgan fingerprint density at radius 2 is 2.12 bits per heavy atom. The Hall–Kier alpha value is -1.05. The molecule has 1 aromatic rings. The highest BCUT2D eigenvalue weighted by molar-refractivity contribution is 5.42. The SMILES string of the molecule is C=Cc1cc(C(C)(C)CCCCCC)[nH]n1. The Morgan fingerprint density at radius 3 is 2.69 bits per heavy atom. The maximum absolute atomic E-state index is 4.20. The van der Waals surface area contributed by atoms with E-state index in [1.165, 1.54) is 37.8 Å². The molecule has 2 heteroatoms. The summed E-state index contributed by atoms with van der Waals surface area (Å²) in [5.41, 5.74) is 2.36. The van der Waals surface area contributed by atoms with Gasteiger partial charge in [0.25, 0.3) is 0 Å². The van der Waals surface area contributed by atoms with E-state index in [9.17, 15) is 0 Å². The first-order valence-corrected chi connectivity index (χ1v) is 6.28. The zero-order valence-electron chi connectivity index (χ0n) is 10.8. The first-order valence-electron chi connectivity index (χ1n) is 6.28. The molecule has 0 saturated heterocycles. The minimum atomic E-state index is 0.196. The van der Waals surface area contributed by atoms with Gasteiger partial charge in [-0.15, -0.1) is 0 Å². The van der Waals surface area contributed by atoms with E-state index in [1.807, 2.05) is 0 Å². The van der Waals surface area contributed by atoms with Crippen molar-refractivity contribution in [1.82, 2.24) is 10.2 Å². The molecule has 1 N–H and O–H groups in total. The van der Waals surface area contributed by atoms with Gasteiger partial charge in [-0.05, 0) is 18.6 Å². The van der Waals surface area contributed by atoms with E-state index in [-0.39, 0.29) is 5.41 Å². The molecule has 0 radical (unpaired) electrons. The number of nitrogens with one attached hydrogen (secondary N) is 1. The lowest BCUT2D eigenvalue weighted by Crippen LogP contribution is -2.17. The van der Waals surface area contributed by atoms with E-state index in [2.05, 4.69) is 43.6 Å². The van der Waals surface area contributed by atoms with Crippen LogP contribution in [0.2, 0.25) is 0 Å². The van der Waals surface area contributed by atoms with Crippen LogP contribution in [0.15, 0.2) is 12.6 Å². The Bertz CT molecular complexity index is 323. The van der Waals surface area contributed by atoms with Gasteiger partial charge in [0, 0.05) is 11.1 Å². The van der Waals surface area contributed by atoms with Gasteiger partial charge in [0.05, 0.1) is 5.69 Å². The Balaban J connectivity index is 2.51. The van der Waals surface area contributed by atoms with Gasteiger partial charge in [0.2, 0.25) is 0 Å². The van der Waals surface area contributed by atoms with E-state index in [0.717, 1.165) is 5.69 Å². The lowest BCUT2D eigenvalue weighted by molar-refractivity contribution is 0.434. The summed E-state index contributed by atoms with van der Waals surface area (Å²) in [6.07, 6.45) is 8.27. The van der Waals surface area contributed by atoms with Crippen LogP contribution in [0.4, 0.5) is 0 Å². The highest BCUT2D eigenvalue weighted by Crippen LogP contribution is 2.28. The molecule has 0 aromatic carbocycles. The number of aromatic nitrogens is 2. The standard InChI is InChI=1S/C14H24N2/c1-5-7-8-9-10-14(3,4)13-11-12(6-2)15-16-13/h6,11H,2,5,7-10H2,1,3-4H3,(H,15,16). The summed E-state index contributed by atoms with van der Waals surface area (Å²) in [4.78, 5) is 0. The predicted molar refractivity (Wildman–Crippen MR) is 70.5 cm³/mol. The largest absolute Gasteiger partial charge is 0.281 e. The van der Waals surface area contributed by atoms with Crippen molar-refractivity contribution < 1.29 is 0 Å². The summed E-state index contributed by atoms with van der Waals surface area (Å²) in [5.74, 6) is 0. The highest BCUT2D eigenvalue weighted by atomic mass is 15.1. The molecule has 0 saturated carbocycles. The Morgan fingerprint density at radius 1 is 1.38 bits per heavy atom. The average Bonchev–Trinajstić information content (AvgIpc) is 2.73. The fourth-order valence-electron chi connectivity index (χ4n) is 1.92. The fraction of sp³-hybridized carbons (Fsp3) is 0.643. The number of rotatable bonds is 7. The number of hydrogen-bond acceptors (Lipinski definition) is 1. The third kappa shape index (κ3) is 3.51. The zero-order valence-corrected chi connectivity index (χ0v) is 10.8. The molecule has 0 aliphatic heterocycles. The molecule has 0 aliphatic rings. The first-order chi connectivity index (χ1) is 7.60. The maximum Gasteiger partial charge on any atom is 0.0845 e. The molecule has 0 aliphatic carbocycles. The smallest absolute Gasteiger partial charge is 0.0845 e. The average molecular weight is 220 g/mol. The minimum absolute atomic E-state index is 0.196. The fourth-order valence-corrected chi connectivity index (χ4v) is 1.92. The Labute approximate surface area is 99.2 Å². The van der Waals surface area contributed by atoms with Gasteiger partial charge in [-0.1, -0.05) is 53.0 Å². The molecule has 0 amide bonds. The van der Waals surface area contributed by atoms with Gasteiger partial charge in [0.15, 0.2) is 0 Å². The van der Waals surface area contributed by atoms with Crippen molar-refractivity contribution in [3.05, 3.63) is 24.0 Å². The van der Waals surface area contributed by atoms with Crippen molar-refractivity contribution in [2.24, 2.45) is 0 Å². The van der Waals surface area contributed by atoms with E-state index in [4.69, 9.17) is 0 Å². The third-order valence-electron chi connectivity index (χ3n) is 3.19. The van der Waals surface area contributed by atoms with Crippen molar-refractivity contribution in [1.29, 1.82) is 0 Å². The van der Waals surface area contributed by atoms with Crippen molar-refractivity contribution >= 4 is 6.08 Å². The van der Waals surface area contributed by atoms with Gasteiger partial charge in [-0.2, -0.15) is 5.10 Å². The van der Waals surface area contributed by atoms with Crippen molar-refractivity contribution in [2.75, 3.05) is 0 Å². The second-order valence-corrected chi connectivity index (χ2v) is 5.11. The van der Waals surface area contributed by atoms with E-state index in [1.54, 1.807) is 6.08 Å². The molecule has 16 heavy (non-hydrogen) atoms. The number of unbranched alkanes of at least 4 members (excludes halogenated alkanes) is 3. The predicted octanol–water partition coefficient (Wildman–Crippen LogP) is 4.30. The van der Waals surface area contributed by atoms with Gasteiger partial charge in [0.1, 0.15) is 0 Å². The van der Waals surface area contributed by atoms with Crippen LogP contribution < -0.4 is 0 Å². The van der Waals surface area contributed by atoms with E-state index >= 15 is 0 Å².